The summed E-state index contributed by atoms with van der Waals surface area (Å²) in [7, 11) is -3.60. The minimum absolute atomic E-state index is 0.212. The van der Waals surface area contributed by atoms with Gasteiger partial charge in [-0.1, -0.05) is 29.8 Å². The Hall–Kier alpha value is -1.93. The van der Waals surface area contributed by atoms with E-state index in [1.54, 1.807) is 36.5 Å². The van der Waals surface area contributed by atoms with Gasteiger partial charge in [-0.2, -0.15) is 5.10 Å². The number of H-pyrrole nitrogens is 1. The maximum Gasteiger partial charge on any atom is 0.240 e. The van der Waals surface area contributed by atoms with Gasteiger partial charge >= 0.3 is 0 Å². The molecule has 1 fully saturated rings. The largest absolute Gasteiger partial charge is 0.385 e. The van der Waals surface area contributed by atoms with Crippen LogP contribution in [0.15, 0.2) is 53.6 Å². The lowest BCUT2D eigenvalue weighted by molar-refractivity contribution is -0.0552. The molecule has 8 heteroatoms. The topological polar surface area (TPSA) is 95.1 Å². The van der Waals surface area contributed by atoms with Crippen LogP contribution >= 0.6 is 11.6 Å². The van der Waals surface area contributed by atoms with Crippen molar-refractivity contribution in [1.29, 1.82) is 0 Å². The normalized spacial score (nSPS) is 23.5. The molecule has 130 valence electrons. The minimum atomic E-state index is -3.60. The molecule has 1 aliphatic rings. The molecular formula is C17H16ClN3O3S. The Morgan fingerprint density at radius 1 is 1.24 bits per heavy atom. The van der Waals surface area contributed by atoms with E-state index in [1.165, 1.54) is 12.1 Å². The highest BCUT2D eigenvalue weighted by Crippen LogP contribution is 2.44. The van der Waals surface area contributed by atoms with Crippen LogP contribution in [0.4, 0.5) is 0 Å². The van der Waals surface area contributed by atoms with Gasteiger partial charge < -0.3 is 5.11 Å². The molecule has 3 N–H and O–H groups in total. The highest BCUT2D eigenvalue weighted by molar-refractivity contribution is 7.89. The Kier molecular flexibility index (Phi) is 3.84. The number of aromatic nitrogens is 2. The SMILES string of the molecule is O=S(=O)(NC1CC(O)(c2cc(Cl)cc3cn[nH]c23)C1)c1ccccc1. The molecule has 0 aliphatic heterocycles. The second kappa shape index (κ2) is 5.81. The van der Waals surface area contributed by atoms with E-state index >= 15 is 0 Å². The number of hydrogen-bond acceptors (Lipinski definition) is 4. The number of hydrogen-bond donors (Lipinski definition) is 3. The highest BCUT2D eigenvalue weighted by Gasteiger charge is 2.46. The van der Waals surface area contributed by atoms with Crippen molar-refractivity contribution in [3.05, 3.63) is 59.2 Å². The van der Waals surface area contributed by atoms with Crippen LogP contribution in [0.1, 0.15) is 18.4 Å². The lowest BCUT2D eigenvalue weighted by Crippen LogP contribution is -2.53. The number of nitrogens with one attached hydrogen (secondary N) is 2. The molecule has 0 bridgehead atoms. The van der Waals surface area contributed by atoms with Crippen LogP contribution in [0.3, 0.4) is 0 Å². The Bertz CT molecular complexity index is 1030. The van der Waals surface area contributed by atoms with Gasteiger partial charge in [0, 0.05) is 22.0 Å². The van der Waals surface area contributed by atoms with Gasteiger partial charge in [0.15, 0.2) is 0 Å². The zero-order valence-electron chi connectivity index (χ0n) is 13.1. The molecule has 0 amide bonds. The maximum absolute atomic E-state index is 12.4. The Morgan fingerprint density at radius 2 is 1.96 bits per heavy atom. The fourth-order valence-corrected chi connectivity index (χ4v) is 4.82. The number of halogens is 1. The molecule has 1 aliphatic carbocycles. The van der Waals surface area contributed by atoms with Crippen LogP contribution in [-0.2, 0) is 15.6 Å². The average molecular weight is 378 g/mol. The van der Waals surface area contributed by atoms with E-state index in [0.717, 1.165) is 10.9 Å². The van der Waals surface area contributed by atoms with Crippen molar-refractivity contribution in [2.45, 2.75) is 29.4 Å². The van der Waals surface area contributed by atoms with E-state index in [2.05, 4.69) is 14.9 Å². The number of benzene rings is 2. The summed E-state index contributed by atoms with van der Waals surface area (Å²) in [5.74, 6) is 0. The van der Waals surface area contributed by atoms with Gasteiger partial charge in [0.05, 0.1) is 22.2 Å². The van der Waals surface area contributed by atoms with Gasteiger partial charge in [-0.15, -0.1) is 0 Å². The number of sulfonamides is 1. The number of aromatic amines is 1. The van der Waals surface area contributed by atoms with Crippen LogP contribution in [0.2, 0.25) is 5.02 Å². The van der Waals surface area contributed by atoms with Crippen molar-refractivity contribution in [2.75, 3.05) is 0 Å². The number of nitrogens with zero attached hydrogens (tertiary/aromatic N) is 1. The third-order valence-corrected chi connectivity index (χ3v) is 6.31. The lowest BCUT2D eigenvalue weighted by Gasteiger charge is -2.44. The molecule has 0 atom stereocenters. The molecule has 25 heavy (non-hydrogen) atoms. The number of aliphatic hydroxyl groups is 1. The summed E-state index contributed by atoms with van der Waals surface area (Å²) in [5.41, 5.74) is 0.221. The van der Waals surface area contributed by atoms with Crippen LogP contribution < -0.4 is 4.72 Å². The average Bonchev–Trinajstić information content (AvgIpc) is 3.01. The van der Waals surface area contributed by atoms with E-state index in [1.807, 2.05) is 0 Å². The molecule has 1 aromatic heterocycles. The van der Waals surface area contributed by atoms with Gasteiger partial charge in [-0.25, -0.2) is 13.1 Å². The van der Waals surface area contributed by atoms with Crippen molar-refractivity contribution in [1.82, 2.24) is 14.9 Å². The molecule has 4 rings (SSSR count). The van der Waals surface area contributed by atoms with E-state index in [-0.39, 0.29) is 23.8 Å². The fourth-order valence-electron chi connectivity index (χ4n) is 3.33. The Morgan fingerprint density at radius 3 is 2.68 bits per heavy atom. The van der Waals surface area contributed by atoms with Crippen molar-refractivity contribution < 1.29 is 13.5 Å². The van der Waals surface area contributed by atoms with Gasteiger partial charge in [0.25, 0.3) is 0 Å². The third kappa shape index (κ3) is 2.93. The molecular weight excluding hydrogens is 362 g/mol. The predicted molar refractivity (Wildman–Crippen MR) is 94.8 cm³/mol. The molecule has 0 radical (unpaired) electrons. The van der Waals surface area contributed by atoms with E-state index in [9.17, 15) is 13.5 Å². The van der Waals surface area contributed by atoms with Crippen LogP contribution in [0.5, 0.6) is 0 Å². The van der Waals surface area contributed by atoms with Crippen molar-refractivity contribution >= 4 is 32.5 Å². The molecule has 2 aromatic carbocycles. The number of fused-ring (bicyclic) bond motifs is 1. The summed E-state index contributed by atoms with van der Waals surface area (Å²) in [4.78, 5) is 0.212. The highest BCUT2D eigenvalue weighted by atomic mass is 35.5. The molecule has 0 saturated heterocycles. The fraction of sp³-hybridized carbons (Fsp3) is 0.235. The Balaban J connectivity index is 1.55. The van der Waals surface area contributed by atoms with Gasteiger partial charge in [0.1, 0.15) is 0 Å². The van der Waals surface area contributed by atoms with Crippen LogP contribution in [-0.4, -0.2) is 29.8 Å². The molecule has 6 nitrogen and oxygen atoms in total. The predicted octanol–water partition coefficient (Wildman–Crippen LogP) is 2.54. The van der Waals surface area contributed by atoms with Crippen molar-refractivity contribution in [2.24, 2.45) is 0 Å². The Labute approximate surface area is 149 Å². The van der Waals surface area contributed by atoms with E-state index in [0.29, 0.717) is 10.6 Å². The van der Waals surface area contributed by atoms with E-state index < -0.39 is 15.6 Å². The zero-order valence-corrected chi connectivity index (χ0v) is 14.7. The van der Waals surface area contributed by atoms with Crippen molar-refractivity contribution in [3.8, 4) is 0 Å². The first-order chi connectivity index (χ1) is 11.9. The standard InChI is InChI=1S/C17H16ClN3O3S/c18-12-6-11-10-19-20-16(11)15(7-12)17(22)8-13(9-17)21-25(23,24)14-4-2-1-3-5-14/h1-7,10,13,21-22H,8-9H2,(H,19,20). The van der Waals surface area contributed by atoms with Crippen LogP contribution in [0, 0.1) is 0 Å². The summed E-state index contributed by atoms with van der Waals surface area (Å²) < 4.78 is 27.4. The molecule has 1 heterocycles. The van der Waals surface area contributed by atoms with Gasteiger partial charge in [-0.05, 0) is 37.1 Å². The first-order valence-electron chi connectivity index (χ1n) is 7.80. The molecule has 1 saturated carbocycles. The first kappa shape index (κ1) is 16.5. The summed E-state index contributed by atoms with van der Waals surface area (Å²) in [5, 5.41) is 19.1. The third-order valence-electron chi connectivity index (χ3n) is 4.56. The first-order valence-corrected chi connectivity index (χ1v) is 9.66. The van der Waals surface area contributed by atoms with E-state index in [4.69, 9.17) is 11.6 Å². The lowest BCUT2D eigenvalue weighted by atomic mass is 9.71. The van der Waals surface area contributed by atoms with Gasteiger partial charge in [-0.3, -0.25) is 5.10 Å². The smallest absolute Gasteiger partial charge is 0.240 e. The zero-order chi connectivity index (χ0) is 17.7. The van der Waals surface area contributed by atoms with Crippen molar-refractivity contribution in [3.63, 3.8) is 0 Å². The summed E-state index contributed by atoms with van der Waals surface area (Å²) >= 11 is 6.13. The maximum atomic E-state index is 12.4. The quantitative estimate of drug-likeness (QED) is 0.651. The minimum Gasteiger partial charge on any atom is -0.385 e. The molecule has 0 spiro atoms. The summed E-state index contributed by atoms with van der Waals surface area (Å²) in [6.45, 7) is 0. The van der Waals surface area contributed by atoms with Crippen LogP contribution in [0.25, 0.3) is 10.9 Å². The molecule has 3 aromatic rings. The second-order valence-corrected chi connectivity index (χ2v) is 8.51. The van der Waals surface area contributed by atoms with Gasteiger partial charge in [0.2, 0.25) is 10.0 Å². The molecule has 0 unspecified atom stereocenters. The monoisotopic (exact) mass is 377 g/mol. The summed E-state index contributed by atoms with van der Waals surface area (Å²) in [6.07, 6.45) is 2.18. The second-order valence-electron chi connectivity index (χ2n) is 6.36. The summed E-state index contributed by atoms with van der Waals surface area (Å²) in [6, 6.07) is 11.3. The number of rotatable bonds is 4.